The lowest BCUT2D eigenvalue weighted by Gasteiger charge is -2.22. The Morgan fingerprint density at radius 2 is 1.15 bits per heavy atom. The molecular weight excluding hydrogens is 689 g/mol. The van der Waals surface area contributed by atoms with Crippen LogP contribution in [0.15, 0.2) is 192 Å². The van der Waals surface area contributed by atoms with E-state index in [0.29, 0.717) is 0 Å². The van der Waals surface area contributed by atoms with Gasteiger partial charge in [-0.1, -0.05) is 145 Å². The van der Waals surface area contributed by atoms with E-state index >= 15 is 0 Å². The van der Waals surface area contributed by atoms with Crippen molar-refractivity contribution in [1.82, 2.24) is 19.1 Å². The lowest BCUT2D eigenvalue weighted by molar-refractivity contribution is 1.03. The van der Waals surface area contributed by atoms with E-state index in [0.717, 1.165) is 44.8 Å². The van der Waals surface area contributed by atoms with Gasteiger partial charge in [0, 0.05) is 48.2 Å². The van der Waals surface area contributed by atoms with Crippen LogP contribution in [0.5, 0.6) is 0 Å². The van der Waals surface area contributed by atoms with Crippen molar-refractivity contribution >= 4 is 66.3 Å². The van der Waals surface area contributed by atoms with Crippen molar-refractivity contribution in [2.45, 2.75) is 9.79 Å². The zero-order valence-corrected chi connectivity index (χ0v) is 30.3. The average Bonchev–Trinajstić information content (AvgIpc) is 3.77. The number of hydrogen-bond donors (Lipinski definition) is 0. The SMILES string of the molecule is c1ccc(-n2c3ccccc3c3c4cccc5c4n(c32)-c2cc(-c3ccc(-c4nc(-c6ccc7ccccc7c6)c6ccccc6n4)cc3)ccc2S5)cc1. The van der Waals surface area contributed by atoms with Crippen molar-refractivity contribution < 1.29 is 0 Å². The van der Waals surface area contributed by atoms with Crippen LogP contribution in [0, 0.1) is 0 Å². The Hall–Kier alpha value is -6.95. The Labute approximate surface area is 321 Å². The van der Waals surface area contributed by atoms with Crippen LogP contribution < -0.4 is 0 Å². The average molecular weight is 719 g/mol. The molecule has 1 aliphatic rings. The number of nitrogens with zero attached hydrogens (tertiary/aromatic N) is 4. The molecule has 0 spiro atoms. The maximum Gasteiger partial charge on any atom is 0.160 e. The van der Waals surface area contributed by atoms with Crippen molar-refractivity contribution in [2.24, 2.45) is 0 Å². The fraction of sp³-hybridized carbons (Fsp3) is 0. The molecule has 5 heteroatoms. The summed E-state index contributed by atoms with van der Waals surface area (Å²) < 4.78 is 4.94. The Bertz CT molecular complexity index is 3340. The first-order chi connectivity index (χ1) is 27.3. The molecule has 0 amide bonds. The molecule has 256 valence electrons. The van der Waals surface area contributed by atoms with Crippen molar-refractivity contribution in [1.29, 1.82) is 0 Å². The van der Waals surface area contributed by atoms with Crippen LogP contribution in [-0.2, 0) is 0 Å². The molecule has 12 rings (SSSR count). The molecule has 0 unspecified atom stereocenters. The minimum Gasteiger partial charge on any atom is -0.295 e. The van der Waals surface area contributed by atoms with Gasteiger partial charge in [-0.15, -0.1) is 0 Å². The normalized spacial score (nSPS) is 12.3. The molecule has 4 nitrogen and oxygen atoms in total. The Kier molecular flexibility index (Phi) is 6.53. The van der Waals surface area contributed by atoms with E-state index in [9.17, 15) is 0 Å². The topological polar surface area (TPSA) is 35.6 Å². The lowest BCUT2D eigenvalue weighted by atomic mass is 10.0. The van der Waals surface area contributed by atoms with Crippen LogP contribution in [0.1, 0.15) is 0 Å². The number of aromatic nitrogens is 4. The quantitative estimate of drug-likeness (QED) is 0.182. The Morgan fingerprint density at radius 3 is 2.04 bits per heavy atom. The van der Waals surface area contributed by atoms with Gasteiger partial charge in [-0.2, -0.15) is 0 Å². The summed E-state index contributed by atoms with van der Waals surface area (Å²) >= 11 is 1.86. The molecule has 11 aromatic rings. The van der Waals surface area contributed by atoms with Gasteiger partial charge in [-0.3, -0.25) is 9.13 Å². The number of hydrogen-bond acceptors (Lipinski definition) is 3. The second-order valence-electron chi connectivity index (χ2n) is 14.2. The number of fused-ring (bicyclic) bond motifs is 9. The minimum atomic E-state index is 0.720. The van der Waals surface area contributed by atoms with E-state index < -0.39 is 0 Å². The molecule has 8 aromatic carbocycles. The lowest BCUT2D eigenvalue weighted by Crippen LogP contribution is -2.06. The second-order valence-corrected chi connectivity index (χ2v) is 15.3. The van der Waals surface area contributed by atoms with Crippen LogP contribution in [0.2, 0.25) is 0 Å². The molecule has 3 aromatic heterocycles. The van der Waals surface area contributed by atoms with Crippen molar-refractivity contribution in [2.75, 3.05) is 0 Å². The van der Waals surface area contributed by atoms with E-state index in [1.165, 1.54) is 64.7 Å². The largest absolute Gasteiger partial charge is 0.295 e. The summed E-state index contributed by atoms with van der Waals surface area (Å²) in [6.45, 7) is 0. The van der Waals surface area contributed by atoms with Gasteiger partial charge in [0.2, 0.25) is 0 Å². The molecule has 4 heterocycles. The summed E-state index contributed by atoms with van der Waals surface area (Å²) in [5.41, 5.74) is 12.3. The monoisotopic (exact) mass is 718 g/mol. The zero-order valence-electron chi connectivity index (χ0n) is 29.5. The van der Waals surface area contributed by atoms with Gasteiger partial charge >= 0.3 is 0 Å². The van der Waals surface area contributed by atoms with Crippen molar-refractivity contribution in [3.05, 3.63) is 182 Å². The van der Waals surface area contributed by atoms with Crippen LogP contribution in [0.25, 0.3) is 99.7 Å². The number of benzene rings is 8. The summed E-state index contributed by atoms with van der Waals surface area (Å²) in [6, 6.07) is 65.3. The smallest absolute Gasteiger partial charge is 0.160 e. The molecule has 55 heavy (non-hydrogen) atoms. The predicted molar refractivity (Wildman–Crippen MR) is 229 cm³/mol. The third kappa shape index (κ3) is 4.60. The van der Waals surface area contributed by atoms with Crippen LogP contribution >= 0.6 is 11.8 Å². The molecule has 0 bridgehead atoms. The number of rotatable bonds is 4. The van der Waals surface area contributed by atoms with E-state index in [4.69, 9.17) is 9.97 Å². The molecular formula is C50H30N4S. The van der Waals surface area contributed by atoms with Gasteiger partial charge in [0.25, 0.3) is 0 Å². The number of para-hydroxylation sites is 4. The van der Waals surface area contributed by atoms with Gasteiger partial charge < -0.3 is 0 Å². The summed E-state index contributed by atoms with van der Waals surface area (Å²) in [4.78, 5) is 12.8. The van der Waals surface area contributed by atoms with Crippen molar-refractivity contribution in [3.63, 3.8) is 0 Å². The maximum absolute atomic E-state index is 5.21. The van der Waals surface area contributed by atoms with Crippen LogP contribution in [0.3, 0.4) is 0 Å². The van der Waals surface area contributed by atoms with E-state index in [2.05, 4.69) is 185 Å². The molecule has 0 fully saturated rings. The molecule has 0 saturated carbocycles. The summed E-state index contributed by atoms with van der Waals surface area (Å²) in [5, 5.41) is 7.30. The van der Waals surface area contributed by atoms with Gasteiger partial charge in [-0.25, -0.2) is 9.97 Å². The zero-order chi connectivity index (χ0) is 36.0. The van der Waals surface area contributed by atoms with E-state index in [-0.39, 0.29) is 0 Å². The molecule has 0 N–H and O–H groups in total. The Balaban J connectivity index is 1.00. The van der Waals surface area contributed by atoms with Crippen LogP contribution in [-0.4, -0.2) is 19.1 Å². The first kappa shape index (κ1) is 30.5. The highest BCUT2D eigenvalue weighted by Gasteiger charge is 2.28. The van der Waals surface area contributed by atoms with Crippen LogP contribution in [0.4, 0.5) is 0 Å². The highest BCUT2D eigenvalue weighted by atomic mass is 32.2. The molecule has 0 atom stereocenters. The maximum atomic E-state index is 5.21. The molecule has 1 aliphatic heterocycles. The van der Waals surface area contributed by atoms with Crippen molar-refractivity contribution in [3.8, 4) is 45.1 Å². The first-order valence-corrected chi connectivity index (χ1v) is 19.4. The standard InChI is InChI=1S/C50H30N4S/c1-2-13-37(14-3-1)53-42-19-9-7-16-39(42)46-40-17-10-20-45-48(40)54(50(46)53)43-30-35(27-28-44(43)55-45)32-21-24-33(25-22-32)49-51-41-18-8-6-15-38(41)47(52-49)36-26-23-31-11-4-5-12-34(31)29-36/h1-30H. The predicted octanol–water partition coefficient (Wildman–Crippen LogP) is 13.3. The fourth-order valence-electron chi connectivity index (χ4n) is 8.57. The fourth-order valence-corrected chi connectivity index (χ4v) is 9.64. The third-order valence-electron chi connectivity index (χ3n) is 11.1. The Morgan fingerprint density at radius 1 is 0.436 bits per heavy atom. The second kappa shape index (κ2) is 11.8. The van der Waals surface area contributed by atoms with Gasteiger partial charge in [0.15, 0.2) is 5.82 Å². The molecule has 0 saturated heterocycles. The summed E-state index contributed by atoms with van der Waals surface area (Å²) in [7, 11) is 0. The first-order valence-electron chi connectivity index (χ1n) is 18.6. The third-order valence-corrected chi connectivity index (χ3v) is 12.2. The highest BCUT2D eigenvalue weighted by Crippen LogP contribution is 2.50. The summed E-state index contributed by atoms with van der Waals surface area (Å²) in [5.74, 6) is 0.720. The molecule has 0 aliphatic carbocycles. The van der Waals surface area contributed by atoms with E-state index in [1.54, 1.807) is 0 Å². The van der Waals surface area contributed by atoms with Gasteiger partial charge in [-0.05, 0) is 70.4 Å². The molecule has 0 radical (unpaired) electrons. The van der Waals surface area contributed by atoms with Gasteiger partial charge in [0.05, 0.1) is 27.9 Å². The minimum absolute atomic E-state index is 0.720. The summed E-state index contributed by atoms with van der Waals surface area (Å²) in [6.07, 6.45) is 0. The highest BCUT2D eigenvalue weighted by molar-refractivity contribution is 7.99. The van der Waals surface area contributed by atoms with E-state index in [1.807, 2.05) is 17.8 Å². The van der Waals surface area contributed by atoms with Gasteiger partial charge in [0.1, 0.15) is 5.65 Å².